The molecule has 0 fully saturated rings. The van der Waals surface area contributed by atoms with Gasteiger partial charge in [-0.1, -0.05) is 97.1 Å². The van der Waals surface area contributed by atoms with Gasteiger partial charge < -0.3 is 0 Å². The Balaban J connectivity index is 1.38. The van der Waals surface area contributed by atoms with E-state index >= 15 is 0 Å². The van der Waals surface area contributed by atoms with Crippen LogP contribution in [0.25, 0.3) is 65.1 Å². The Kier molecular flexibility index (Phi) is 4.64. The second kappa shape index (κ2) is 8.12. The Morgan fingerprint density at radius 1 is 0.486 bits per heavy atom. The SMILES string of the molecule is c1ccc2c(-c3nc(-c4ccc(-c5nc6ccccc6s5)cc4)c4ccccc4n3)cccc2c1. The molecule has 4 heteroatoms. The number of thiazole rings is 1. The van der Waals surface area contributed by atoms with Crippen LogP contribution < -0.4 is 0 Å². The van der Waals surface area contributed by atoms with E-state index in [1.54, 1.807) is 11.3 Å². The molecule has 0 bridgehead atoms. The molecular weight excluding hydrogens is 446 g/mol. The summed E-state index contributed by atoms with van der Waals surface area (Å²) < 4.78 is 1.20. The molecule has 0 aliphatic carbocycles. The van der Waals surface area contributed by atoms with Crippen LogP contribution in [0.1, 0.15) is 0 Å². The summed E-state index contributed by atoms with van der Waals surface area (Å²) in [4.78, 5) is 14.9. The molecule has 0 radical (unpaired) electrons. The van der Waals surface area contributed by atoms with Crippen molar-refractivity contribution in [2.45, 2.75) is 0 Å². The molecule has 0 spiro atoms. The predicted molar refractivity (Wildman–Crippen MR) is 147 cm³/mol. The molecule has 3 nitrogen and oxygen atoms in total. The highest BCUT2D eigenvalue weighted by Crippen LogP contribution is 2.34. The molecule has 0 aliphatic rings. The van der Waals surface area contributed by atoms with Crippen molar-refractivity contribution < 1.29 is 0 Å². The van der Waals surface area contributed by atoms with Crippen LogP contribution in [-0.2, 0) is 0 Å². The number of rotatable bonds is 3. The third-order valence-electron chi connectivity index (χ3n) is 6.33. The van der Waals surface area contributed by atoms with Crippen molar-refractivity contribution in [2.24, 2.45) is 0 Å². The fourth-order valence-electron chi connectivity index (χ4n) is 4.60. The topological polar surface area (TPSA) is 38.7 Å². The summed E-state index contributed by atoms with van der Waals surface area (Å²) in [5.74, 6) is 0.741. The van der Waals surface area contributed by atoms with Crippen LogP contribution in [0.2, 0.25) is 0 Å². The molecule has 7 aromatic rings. The Morgan fingerprint density at radius 2 is 1.17 bits per heavy atom. The first-order chi connectivity index (χ1) is 17.3. The van der Waals surface area contributed by atoms with E-state index in [9.17, 15) is 0 Å². The van der Waals surface area contributed by atoms with Crippen molar-refractivity contribution in [3.8, 4) is 33.2 Å². The predicted octanol–water partition coefficient (Wildman–Crippen LogP) is 8.39. The minimum atomic E-state index is 0.741. The molecule has 0 saturated heterocycles. The average Bonchev–Trinajstić information content (AvgIpc) is 3.37. The van der Waals surface area contributed by atoms with Gasteiger partial charge in [0, 0.05) is 22.1 Å². The molecule has 0 N–H and O–H groups in total. The molecule has 0 saturated carbocycles. The molecule has 0 unspecified atom stereocenters. The second-order valence-electron chi connectivity index (χ2n) is 8.50. The van der Waals surface area contributed by atoms with E-state index in [4.69, 9.17) is 15.0 Å². The first kappa shape index (κ1) is 20.0. The van der Waals surface area contributed by atoms with Crippen molar-refractivity contribution in [1.29, 1.82) is 0 Å². The van der Waals surface area contributed by atoms with E-state index in [2.05, 4.69) is 97.1 Å². The minimum Gasteiger partial charge on any atom is -0.236 e. The normalized spacial score (nSPS) is 11.4. The van der Waals surface area contributed by atoms with Crippen molar-refractivity contribution in [3.05, 3.63) is 115 Å². The fourth-order valence-corrected chi connectivity index (χ4v) is 5.57. The lowest BCUT2D eigenvalue weighted by Crippen LogP contribution is -1.95. The van der Waals surface area contributed by atoms with Crippen LogP contribution in [0.15, 0.2) is 115 Å². The first-order valence-corrected chi connectivity index (χ1v) is 12.4. The first-order valence-electron chi connectivity index (χ1n) is 11.5. The second-order valence-corrected chi connectivity index (χ2v) is 9.53. The Hall–Kier alpha value is -4.41. The molecule has 5 aromatic carbocycles. The summed E-state index contributed by atoms with van der Waals surface area (Å²) in [5.41, 5.74) is 6.14. The fraction of sp³-hybridized carbons (Fsp3) is 0. The van der Waals surface area contributed by atoms with Gasteiger partial charge in [-0.25, -0.2) is 15.0 Å². The molecule has 2 heterocycles. The number of nitrogens with zero attached hydrogens (tertiary/aromatic N) is 3. The lowest BCUT2D eigenvalue weighted by molar-refractivity contribution is 1.23. The van der Waals surface area contributed by atoms with Crippen LogP contribution in [0.4, 0.5) is 0 Å². The third kappa shape index (κ3) is 3.47. The highest BCUT2D eigenvalue weighted by molar-refractivity contribution is 7.21. The monoisotopic (exact) mass is 465 g/mol. The maximum absolute atomic E-state index is 5.10. The van der Waals surface area contributed by atoms with Crippen molar-refractivity contribution in [3.63, 3.8) is 0 Å². The summed E-state index contributed by atoms with van der Waals surface area (Å²) in [5, 5.41) is 4.41. The maximum Gasteiger partial charge on any atom is 0.161 e. The van der Waals surface area contributed by atoms with E-state index < -0.39 is 0 Å². The molecular formula is C31H19N3S. The standard InChI is InChI=1S/C31H19N3S/c1-2-10-23-20(8-1)9-7-12-24(23)30-32-26-13-4-3-11-25(26)29(34-30)21-16-18-22(19-17-21)31-33-27-14-5-6-15-28(27)35-31/h1-19H. The summed E-state index contributed by atoms with van der Waals surface area (Å²) in [7, 11) is 0. The molecule has 35 heavy (non-hydrogen) atoms. The molecule has 0 atom stereocenters. The minimum absolute atomic E-state index is 0.741. The number of aromatic nitrogens is 3. The largest absolute Gasteiger partial charge is 0.236 e. The van der Waals surface area contributed by atoms with Crippen molar-refractivity contribution in [2.75, 3.05) is 0 Å². The van der Waals surface area contributed by atoms with E-state index in [-0.39, 0.29) is 0 Å². The van der Waals surface area contributed by atoms with Gasteiger partial charge in [-0.2, -0.15) is 0 Å². The molecule has 7 rings (SSSR count). The Morgan fingerprint density at radius 3 is 2.03 bits per heavy atom. The molecule has 164 valence electrons. The van der Waals surface area contributed by atoms with Crippen LogP contribution in [0, 0.1) is 0 Å². The van der Waals surface area contributed by atoms with Crippen molar-refractivity contribution in [1.82, 2.24) is 15.0 Å². The van der Waals surface area contributed by atoms with Crippen LogP contribution in [0.5, 0.6) is 0 Å². The third-order valence-corrected chi connectivity index (χ3v) is 7.42. The van der Waals surface area contributed by atoms with Crippen LogP contribution >= 0.6 is 11.3 Å². The number of para-hydroxylation sites is 2. The van der Waals surface area contributed by atoms with E-state index in [1.807, 2.05) is 18.2 Å². The van der Waals surface area contributed by atoms with Crippen LogP contribution in [-0.4, -0.2) is 15.0 Å². The van der Waals surface area contributed by atoms with E-state index in [0.717, 1.165) is 55.0 Å². The zero-order chi connectivity index (χ0) is 23.2. The zero-order valence-electron chi connectivity index (χ0n) is 18.7. The van der Waals surface area contributed by atoms with Gasteiger partial charge in [0.25, 0.3) is 0 Å². The quantitative estimate of drug-likeness (QED) is 0.263. The summed E-state index contributed by atoms with van der Waals surface area (Å²) in [6, 6.07) is 39.7. The summed E-state index contributed by atoms with van der Waals surface area (Å²) >= 11 is 1.72. The number of fused-ring (bicyclic) bond motifs is 3. The van der Waals surface area contributed by atoms with Gasteiger partial charge in [-0.05, 0) is 29.0 Å². The number of benzene rings is 5. The smallest absolute Gasteiger partial charge is 0.161 e. The van der Waals surface area contributed by atoms with E-state index in [0.29, 0.717) is 0 Å². The van der Waals surface area contributed by atoms with Gasteiger partial charge in [0.1, 0.15) is 5.01 Å². The lowest BCUT2D eigenvalue weighted by atomic mass is 10.0. The maximum atomic E-state index is 5.10. The molecule has 0 aliphatic heterocycles. The average molecular weight is 466 g/mol. The van der Waals surface area contributed by atoms with Gasteiger partial charge in [-0.3, -0.25) is 0 Å². The highest BCUT2D eigenvalue weighted by Gasteiger charge is 2.14. The van der Waals surface area contributed by atoms with E-state index in [1.165, 1.54) is 10.1 Å². The van der Waals surface area contributed by atoms with Gasteiger partial charge in [0.15, 0.2) is 5.82 Å². The molecule has 2 aromatic heterocycles. The van der Waals surface area contributed by atoms with Gasteiger partial charge in [-0.15, -0.1) is 11.3 Å². The van der Waals surface area contributed by atoms with Crippen LogP contribution in [0.3, 0.4) is 0 Å². The number of hydrogen-bond donors (Lipinski definition) is 0. The van der Waals surface area contributed by atoms with Gasteiger partial charge in [0.05, 0.1) is 21.4 Å². The summed E-state index contributed by atoms with van der Waals surface area (Å²) in [6.07, 6.45) is 0. The highest BCUT2D eigenvalue weighted by atomic mass is 32.1. The molecule has 0 amide bonds. The van der Waals surface area contributed by atoms with Gasteiger partial charge >= 0.3 is 0 Å². The lowest BCUT2D eigenvalue weighted by Gasteiger charge is -2.11. The Labute approximate surface area is 206 Å². The van der Waals surface area contributed by atoms with Crippen molar-refractivity contribution >= 4 is 43.2 Å². The summed E-state index contributed by atoms with van der Waals surface area (Å²) in [6.45, 7) is 0. The van der Waals surface area contributed by atoms with Gasteiger partial charge in [0.2, 0.25) is 0 Å². The zero-order valence-corrected chi connectivity index (χ0v) is 19.5. The number of hydrogen-bond acceptors (Lipinski definition) is 4. The Bertz CT molecular complexity index is 1810.